The molecule has 16 heavy (non-hydrogen) atoms. The molecular weight excluding hydrogens is 202 g/mol. The van der Waals surface area contributed by atoms with Crippen LogP contribution in [-0.4, -0.2) is 23.0 Å². The highest BCUT2D eigenvalue weighted by molar-refractivity contribution is 5.94. The molecule has 1 aromatic heterocycles. The van der Waals surface area contributed by atoms with Gasteiger partial charge < -0.3 is 11.1 Å². The van der Waals surface area contributed by atoms with Crippen LogP contribution in [0.25, 0.3) is 0 Å². The van der Waals surface area contributed by atoms with E-state index >= 15 is 0 Å². The average Bonchev–Trinajstić information content (AvgIpc) is 2.33. The predicted molar refractivity (Wildman–Crippen MR) is 61.9 cm³/mol. The first kappa shape index (κ1) is 11.1. The third kappa shape index (κ3) is 2.58. The first-order valence-corrected chi connectivity index (χ1v) is 5.74. The minimum atomic E-state index is -0.0737. The van der Waals surface area contributed by atoms with Crippen LogP contribution in [-0.2, 0) is 0 Å². The number of rotatable bonds is 2. The molecule has 0 aliphatic heterocycles. The molecule has 1 fully saturated rings. The van der Waals surface area contributed by atoms with E-state index in [2.05, 4.69) is 10.3 Å². The van der Waals surface area contributed by atoms with Crippen molar-refractivity contribution in [1.82, 2.24) is 10.3 Å². The smallest absolute Gasteiger partial charge is 0.253 e. The van der Waals surface area contributed by atoms with Gasteiger partial charge in [0.15, 0.2) is 0 Å². The van der Waals surface area contributed by atoms with Crippen molar-refractivity contribution in [2.24, 2.45) is 5.73 Å². The molecule has 2 rings (SSSR count). The molecule has 0 bridgehead atoms. The lowest BCUT2D eigenvalue weighted by molar-refractivity contribution is 0.0921. The van der Waals surface area contributed by atoms with E-state index in [0.717, 1.165) is 19.3 Å². The van der Waals surface area contributed by atoms with Gasteiger partial charge in [-0.2, -0.15) is 0 Å². The minimum absolute atomic E-state index is 0.0737. The third-order valence-electron chi connectivity index (χ3n) is 3.06. The molecule has 1 aliphatic carbocycles. The van der Waals surface area contributed by atoms with E-state index in [1.54, 1.807) is 24.5 Å². The first-order valence-electron chi connectivity index (χ1n) is 5.74. The van der Waals surface area contributed by atoms with Crippen molar-refractivity contribution in [3.63, 3.8) is 0 Å². The Hall–Kier alpha value is -1.42. The van der Waals surface area contributed by atoms with Gasteiger partial charge in [0.25, 0.3) is 5.91 Å². The maximum Gasteiger partial charge on any atom is 0.253 e. The van der Waals surface area contributed by atoms with Crippen LogP contribution in [0, 0.1) is 0 Å². The SMILES string of the molecule is N[C@@H]1CCCC[C@H]1NC(=O)c1cccnc1. The van der Waals surface area contributed by atoms with Gasteiger partial charge in [-0.15, -0.1) is 0 Å². The summed E-state index contributed by atoms with van der Waals surface area (Å²) in [5.41, 5.74) is 6.57. The Kier molecular flexibility index (Phi) is 3.51. The van der Waals surface area contributed by atoms with Gasteiger partial charge in [0.2, 0.25) is 0 Å². The van der Waals surface area contributed by atoms with E-state index in [4.69, 9.17) is 5.73 Å². The summed E-state index contributed by atoms with van der Waals surface area (Å²) in [4.78, 5) is 15.8. The second-order valence-corrected chi connectivity index (χ2v) is 4.27. The summed E-state index contributed by atoms with van der Waals surface area (Å²) in [6, 6.07) is 3.72. The number of nitrogens with one attached hydrogen (secondary N) is 1. The molecule has 0 unspecified atom stereocenters. The normalized spacial score (nSPS) is 25.1. The highest BCUT2D eigenvalue weighted by Crippen LogP contribution is 2.17. The van der Waals surface area contributed by atoms with Crippen molar-refractivity contribution < 1.29 is 4.79 Å². The Morgan fingerprint density at radius 2 is 2.25 bits per heavy atom. The van der Waals surface area contributed by atoms with Crippen molar-refractivity contribution in [3.8, 4) is 0 Å². The monoisotopic (exact) mass is 219 g/mol. The van der Waals surface area contributed by atoms with E-state index in [0.29, 0.717) is 5.56 Å². The molecule has 1 amide bonds. The van der Waals surface area contributed by atoms with E-state index < -0.39 is 0 Å². The molecular formula is C12H17N3O. The number of carbonyl (C=O) groups excluding carboxylic acids is 1. The highest BCUT2D eigenvalue weighted by atomic mass is 16.1. The molecule has 3 N–H and O–H groups in total. The van der Waals surface area contributed by atoms with Gasteiger partial charge in [0, 0.05) is 24.5 Å². The average molecular weight is 219 g/mol. The molecule has 1 saturated carbocycles. The maximum absolute atomic E-state index is 11.9. The maximum atomic E-state index is 11.9. The summed E-state index contributed by atoms with van der Waals surface area (Å²) < 4.78 is 0. The zero-order chi connectivity index (χ0) is 11.4. The second kappa shape index (κ2) is 5.07. The van der Waals surface area contributed by atoms with Gasteiger partial charge in [0.1, 0.15) is 0 Å². The molecule has 1 aliphatic rings. The lowest BCUT2D eigenvalue weighted by atomic mass is 9.91. The third-order valence-corrected chi connectivity index (χ3v) is 3.06. The molecule has 2 atom stereocenters. The van der Waals surface area contributed by atoms with Gasteiger partial charge in [-0.3, -0.25) is 9.78 Å². The van der Waals surface area contributed by atoms with E-state index in [1.807, 2.05) is 0 Å². The molecule has 4 heteroatoms. The second-order valence-electron chi connectivity index (χ2n) is 4.27. The lowest BCUT2D eigenvalue weighted by Gasteiger charge is -2.29. The van der Waals surface area contributed by atoms with Crippen LogP contribution in [0.1, 0.15) is 36.0 Å². The van der Waals surface area contributed by atoms with Gasteiger partial charge >= 0.3 is 0 Å². The van der Waals surface area contributed by atoms with E-state index in [-0.39, 0.29) is 18.0 Å². The van der Waals surface area contributed by atoms with Gasteiger partial charge in [-0.25, -0.2) is 0 Å². The fraction of sp³-hybridized carbons (Fsp3) is 0.500. The van der Waals surface area contributed by atoms with Crippen LogP contribution in [0.15, 0.2) is 24.5 Å². The molecule has 0 aromatic carbocycles. The van der Waals surface area contributed by atoms with Crippen LogP contribution >= 0.6 is 0 Å². The molecule has 86 valence electrons. The Morgan fingerprint density at radius 3 is 2.94 bits per heavy atom. The Labute approximate surface area is 95.3 Å². The Morgan fingerprint density at radius 1 is 1.44 bits per heavy atom. The fourth-order valence-electron chi connectivity index (χ4n) is 2.09. The van der Waals surface area contributed by atoms with Crippen LogP contribution in [0.2, 0.25) is 0 Å². The van der Waals surface area contributed by atoms with Crippen LogP contribution in [0.3, 0.4) is 0 Å². The molecule has 0 spiro atoms. The molecule has 0 saturated heterocycles. The summed E-state index contributed by atoms with van der Waals surface area (Å²) in [6.07, 6.45) is 7.52. The highest BCUT2D eigenvalue weighted by Gasteiger charge is 2.23. The van der Waals surface area contributed by atoms with Gasteiger partial charge in [-0.05, 0) is 25.0 Å². The van der Waals surface area contributed by atoms with Crippen molar-refractivity contribution in [3.05, 3.63) is 30.1 Å². The summed E-state index contributed by atoms with van der Waals surface area (Å²) in [6.45, 7) is 0. The number of hydrogen-bond donors (Lipinski definition) is 2. The van der Waals surface area contributed by atoms with E-state index in [9.17, 15) is 4.79 Å². The van der Waals surface area contributed by atoms with Crippen molar-refractivity contribution in [2.75, 3.05) is 0 Å². The number of amides is 1. The summed E-state index contributed by atoms with van der Waals surface area (Å²) in [7, 11) is 0. The minimum Gasteiger partial charge on any atom is -0.348 e. The molecule has 4 nitrogen and oxygen atoms in total. The molecule has 1 heterocycles. The largest absolute Gasteiger partial charge is 0.348 e. The summed E-state index contributed by atoms with van der Waals surface area (Å²) in [5.74, 6) is -0.0737. The van der Waals surface area contributed by atoms with Gasteiger partial charge in [-0.1, -0.05) is 12.8 Å². The zero-order valence-electron chi connectivity index (χ0n) is 9.23. The van der Waals surface area contributed by atoms with Crippen molar-refractivity contribution in [2.45, 2.75) is 37.8 Å². The summed E-state index contributed by atoms with van der Waals surface area (Å²) in [5, 5.41) is 2.98. The van der Waals surface area contributed by atoms with E-state index in [1.165, 1.54) is 6.42 Å². The number of hydrogen-bond acceptors (Lipinski definition) is 3. The Bertz CT molecular complexity index is 353. The van der Waals surface area contributed by atoms with Crippen molar-refractivity contribution in [1.29, 1.82) is 0 Å². The van der Waals surface area contributed by atoms with Crippen LogP contribution in [0.4, 0.5) is 0 Å². The predicted octanol–water partition coefficient (Wildman–Crippen LogP) is 1.08. The van der Waals surface area contributed by atoms with Crippen LogP contribution in [0.5, 0.6) is 0 Å². The fourth-order valence-corrected chi connectivity index (χ4v) is 2.09. The molecule has 0 radical (unpaired) electrons. The van der Waals surface area contributed by atoms with Crippen molar-refractivity contribution >= 4 is 5.91 Å². The summed E-state index contributed by atoms with van der Waals surface area (Å²) >= 11 is 0. The zero-order valence-corrected chi connectivity index (χ0v) is 9.23. The standard InChI is InChI=1S/C12H17N3O/c13-10-5-1-2-6-11(10)15-12(16)9-4-3-7-14-8-9/h3-4,7-8,10-11H,1-2,5-6,13H2,(H,15,16)/t10-,11-/m1/s1. The van der Waals surface area contributed by atoms with Crippen LogP contribution < -0.4 is 11.1 Å². The quantitative estimate of drug-likeness (QED) is 0.782. The number of pyridine rings is 1. The topological polar surface area (TPSA) is 68.0 Å². The first-order chi connectivity index (χ1) is 7.77. The molecule has 1 aromatic rings. The Balaban J connectivity index is 1.96. The number of carbonyl (C=O) groups is 1. The number of nitrogens with two attached hydrogens (primary N) is 1. The lowest BCUT2D eigenvalue weighted by Crippen LogP contribution is -2.49. The van der Waals surface area contributed by atoms with Gasteiger partial charge in [0.05, 0.1) is 5.56 Å². The number of nitrogens with zero attached hydrogens (tertiary/aromatic N) is 1. The number of aromatic nitrogens is 1.